The Bertz CT molecular complexity index is 708. The molecule has 14 nitrogen and oxygen atoms in total. The first-order valence-electron chi connectivity index (χ1n) is 9.98. The predicted octanol–water partition coefficient (Wildman–Crippen LogP) is -2.94. The number of hydrogen-bond donors (Lipinski definition) is 8. The summed E-state index contributed by atoms with van der Waals surface area (Å²) in [6.07, 6.45) is -0.0136. The van der Waals surface area contributed by atoms with Crippen LogP contribution in [0, 0.1) is 5.92 Å². The number of carbonyl (C=O) groups excluding carboxylic acids is 3. The number of nitrogens with zero attached hydrogens (tertiary/aromatic N) is 1. The van der Waals surface area contributed by atoms with Crippen LogP contribution in [0.1, 0.15) is 39.5 Å². The molecule has 0 aliphatic rings. The lowest BCUT2D eigenvalue weighted by molar-refractivity contribution is -0.139. The van der Waals surface area contributed by atoms with E-state index in [0.29, 0.717) is 6.42 Å². The summed E-state index contributed by atoms with van der Waals surface area (Å²) in [6.45, 7) is 2.86. The lowest BCUT2D eigenvalue weighted by Crippen LogP contribution is -2.57. The van der Waals surface area contributed by atoms with Gasteiger partial charge in [0.1, 0.15) is 18.6 Å². The van der Waals surface area contributed by atoms with Crippen molar-refractivity contribution in [1.29, 1.82) is 0 Å². The van der Waals surface area contributed by atoms with Crippen LogP contribution in [-0.4, -0.2) is 77.0 Å². The van der Waals surface area contributed by atoms with Crippen LogP contribution < -0.4 is 33.2 Å². The number of amides is 3. The van der Waals surface area contributed by atoms with E-state index in [0.717, 1.165) is 0 Å². The number of carboxylic acid groups (broad SMARTS) is 2. The zero-order chi connectivity index (χ0) is 24.8. The highest BCUT2D eigenvalue weighted by Gasteiger charge is 2.30. The summed E-state index contributed by atoms with van der Waals surface area (Å²) < 4.78 is 0. The van der Waals surface area contributed by atoms with Crippen molar-refractivity contribution < 1.29 is 34.2 Å². The Balaban J connectivity index is 5.22. The van der Waals surface area contributed by atoms with Gasteiger partial charge in [0.05, 0.1) is 6.04 Å². The van der Waals surface area contributed by atoms with E-state index < -0.39 is 60.2 Å². The Hall–Kier alpha value is -3.42. The highest BCUT2D eigenvalue weighted by Crippen LogP contribution is 2.06. The molecule has 0 heterocycles. The molecule has 0 aliphatic carbocycles. The summed E-state index contributed by atoms with van der Waals surface area (Å²) in [5.41, 5.74) is 16.2. The second-order valence-electron chi connectivity index (χ2n) is 7.39. The molecule has 0 saturated heterocycles. The molecule has 14 heteroatoms. The molecule has 0 bridgehead atoms. The molecule has 0 rings (SSSR count). The summed E-state index contributed by atoms with van der Waals surface area (Å²) in [6, 6.07) is -3.30. The Labute approximate surface area is 185 Å². The van der Waals surface area contributed by atoms with Crippen LogP contribution in [0.2, 0.25) is 0 Å². The fourth-order valence-electron chi connectivity index (χ4n) is 2.53. The van der Waals surface area contributed by atoms with E-state index in [4.69, 9.17) is 27.4 Å². The van der Waals surface area contributed by atoms with E-state index in [1.54, 1.807) is 13.8 Å². The number of carboxylic acids is 2. The Kier molecular flexibility index (Phi) is 13.0. The van der Waals surface area contributed by atoms with Crippen molar-refractivity contribution >= 4 is 35.6 Å². The molecule has 0 aromatic heterocycles. The number of rotatable bonds is 15. The third-order valence-electron chi connectivity index (χ3n) is 4.24. The SMILES string of the molecule is CC(C)C(NC(=O)C(N)CCC(=O)O)C(=O)NC(CCCN=C(N)N)C(=O)NCC(=O)O. The van der Waals surface area contributed by atoms with Crippen molar-refractivity contribution in [2.75, 3.05) is 13.1 Å². The van der Waals surface area contributed by atoms with Gasteiger partial charge in [0.25, 0.3) is 0 Å². The average Bonchev–Trinajstić information content (AvgIpc) is 2.69. The van der Waals surface area contributed by atoms with Crippen LogP contribution in [0.25, 0.3) is 0 Å². The van der Waals surface area contributed by atoms with Gasteiger partial charge in [-0.3, -0.25) is 29.0 Å². The summed E-state index contributed by atoms with van der Waals surface area (Å²) in [4.78, 5) is 62.5. The first-order chi connectivity index (χ1) is 14.8. The van der Waals surface area contributed by atoms with Crippen LogP contribution in [0.15, 0.2) is 4.99 Å². The van der Waals surface area contributed by atoms with Crippen molar-refractivity contribution in [2.24, 2.45) is 28.1 Å². The summed E-state index contributed by atoms with van der Waals surface area (Å²) in [5.74, 6) is -5.01. The topological polar surface area (TPSA) is 252 Å². The number of nitrogens with two attached hydrogens (primary N) is 3. The van der Waals surface area contributed by atoms with Crippen molar-refractivity contribution in [3.63, 3.8) is 0 Å². The number of aliphatic carboxylic acids is 2. The van der Waals surface area contributed by atoms with Gasteiger partial charge in [0.15, 0.2) is 5.96 Å². The van der Waals surface area contributed by atoms with Crippen LogP contribution >= 0.6 is 0 Å². The van der Waals surface area contributed by atoms with Gasteiger partial charge in [-0.15, -0.1) is 0 Å². The third-order valence-corrected chi connectivity index (χ3v) is 4.24. The van der Waals surface area contributed by atoms with Gasteiger partial charge in [-0.2, -0.15) is 0 Å². The van der Waals surface area contributed by atoms with Crippen LogP contribution in [0.5, 0.6) is 0 Å². The summed E-state index contributed by atoms with van der Waals surface area (Å²) in [7, 11) is 0. The number of nitrogens with one attached hydrogen (secondary N) is 3. The molecule has 0 aliphatic heterocycles. The first kappa shape index (κ1) is 28.6. The zero-order valence-electron chi connectivity index (χ0n) is 18.2. The largest absolute Gasteiger partial charge is 0.481 e. The lowest BCUT2D eigenvalue weighted by atomic mass is 10.0. The number of hydrogen-bond acceptors (Lipinski definition) is 7. The zero-order valence-corrected chi connectivity index (χ0v) is 18.2. The fraction of sp³-hybridized carbons (Fsp3) is 0.667. The molecule has 32 heavy (non-hydrogen) atoms. The van der Waals surface area contributed by atoms with Crippen molar-refractivity contribution in [3.8, 4) is 0 Å². The molecule has 3 atom stereocenters. The highest BCUT2D eigenvalue weighted by atomic mass is 16.4. The molecule has 11 N–H and O–H groups in total. The van der Waals surface area contributed by atoms with Crippen LogP contribution in [-0.2, 0) is 24.0 Å². The maximum absolute atomic E-state index is 12.8. The number of carbonyl (C=O) groups is 5. The van der Waals surface area contributed by atoms with Gasteiger partial charge in [-0.05, 0) is 25.2 Å². The third kappa shape index (κ3) is 12.3. The van der Waals surface area contributed by atoms with E-state index in [-0.39, 0.29) is 31.8 Å². The molecule has 0 aromatic rings. The quantitative estimate of drug-likeness (QED) is 0.0702. The molecule has 0 spiro atoms. The minimum atomic E-state index is -1.26. The second kappa shape index (κ2) is 14.6. The standard InChI is InChI=1S/C18H33N7O7/c1-9(2)14(25-15(30)10(19)5-6-12(26)27)17(32)24-11(4-3-7-22-18(20)21)16(31)23-8-13(28)29/h9-11,14H,3-8,19H2,1-2H3,(H,23,31)(H,24,32)(H,25,30)(H,26,27)(H,28,29)(H4,20,21,22). The molecule has 0 fully saturated rings. The van der Waals surface area contributed by atoms with Gasteiger partial charge in [0.2, 0.25) is 17.7 Å². The van der Waals surface area contributed by atoms with E-state index in [1.807, 2.05) is 0 Å². The van der Waals surface area contributed by atoms with Gasteiger partial charge in [-0.25, -0.2) is 0 Å². The predicted molar refractivity (Wildman–Crippen MR) is 114 cm³/mol. The number of aliphatic imine (C=N–C) groups is 1. The molecule has 3 unspecified atom stereocenters. The van der Waals surface area contributed by atoms with E-state index in [1.165, 1.54) is 0 Å². The van der Waals surface area contributed by atoms with Crippen LogP contribution in [0.4, 0.5) is 0 Å². The Morgan fingerprint density at radius 1 is 0.906 bits per heavy atom. The normalized spacial score (nSPS) is 13.4. The maximum atomic E-state index is 12.8. The Morgan fingerprint density at radius 3 is 2.03 bits per heavy atom. The van der Waals surface area contributed by atoms with Crippen LogP contribution in [0.3, 0.4) is 0 Å². The summed E-state index contributed by atoms with van der Waals surface area (Å²) >= 11 is 0. The highest BCUT2D eigenvalue weighted by molar-refractivity contribution is 5.93. The molecular formula is C18H33N7O7. The second-order valence-corrected chi connectivity index (χ2v) is 7.39. The van der Waals surface area contributed by atoms with Crippen molar-refractivity contribution in [3.05, 3.63) is 0 Å². The molecule has 0 radical (unpaired) electrons. The fourth-order valence-corrected chi connectivity index (χ4v) is 2.53. The van der Waals surface area contributed by atoms with Gasteiger partial charge in [0, 0.05) is 13.0 Å². The molecule has 0 saturated carbocycles. The van der Waals surface area contributed by atoms with Gasteiger partial charge < -0.3 is 43.4 Å². The molecule has 3 amide bonds. The maximum Gasteiger partial charge on any atom is 0.322 e. The minimum Gasteiger partial charge on any atom is -0.481 e. The van der Waals surface area contributed by atoms with Crippen molar-refractivity contribution in [1.82, 2.24) is 16.0 Å². The molecular weight excluding hydrogens is 426 g/mol. The molecule has 0 aromatic carbocycles. The average molecular weight is 460 g/mol. The van der Waals surface area contributed by atoms with Gasteiger partial charge in [-0.1, -0.05) is 13.8 Å². The number of guanidine groups is 1. The van der Waals surface area contributed by atoms with Crippen molar-refractivity contribution in [2.45, 2.75) is 57.7 Å². The Morgan fingerprint density at radius 2 is 1.53 bits per heavy atom. The van der Waals surface area contributed by atoms with E-state index in [2.05, 4.69) is 20.9 Å². The van der Waals surface area contributed by atoms with Gasteiger partial charge >= 0.3 is 11.9 Å². The smallest absolute Gasteiger partial charge is 0.322 e. The van der Waals surface area contributed by atoms with E-state index >= 15 is 0 Å². The lowest BCUT2D eigenvalue weighted by Gasteiger charge is -2.26. The summed E-state index contributed by atoms with van der Waals surface area (Å²) in [5, 5.41) is 24.6. The minimum absolute atomic E-state index is 0.102. The molecule has 182 valence electrons. The van der Waals surface area contributed by atoms with E-state index in [9.17, 15) is 24.0 Å². The monoisotopic (exact) mass is 459 g/mol. The first-order valence-corrected chi connectivity index (χ1v) is 9.98.